The standard InChI is InChI=1S/C27H35FN8O2S/c1-7-21(34(5)35(6)26(31-8-2)36-15-13-19(14-16-36)25(37)38)24(30-3)33(4)27-32-23(22(17-29)39-27)18-9-11-20(28)12-10-18/h8-12,19,30H,2,7,13-16H2,1,3-6H3,(H,37,38)/b24-21+,31-26?. The number of anilines is 1. The third kappa shape index (κ3) is 6.49. The molecule has 0 bridgehead atoms. The van der Waals surface area contributed by atoms with Crippen LogP contribution in [0.5, 0.6) is 0 Å². The Morgan fingerprint density at radius 2 is 1.95 bits per heavy atom. The van der Waals surface area contributed by atoms with Gasteiger partial charge in [0.05, 0.1) is 11.6 Å². The van der Waals surface area contributed by atoms with E-state index in [4.69, 9.17) is 4.98 Å². The number of halogens is 1. The fourth-order valence-electron chi connectivity index (χ4n) is 4.58. The van der Waals surface area contributed by atoms with Crippen molar-refractivity contribution in [1.29, 1.82) is 5.26 Å². The van der Waals surface area contributed by atoms with Crippen molar-refractivity contribution in [1.82, 2.24) is 25.2 Å². The van der Waals surface area contributed by atoms with Crippen molar-refractivity contribution in [3.8, 4) is 17.3 Å². The minimum absolute atomic E-state index is 0.346. The van der Waals surface area contributed by atoms with Gasteiger partial charge < -0.3 is 20.2 Å². The number of benzene rings is 1. The van der Waals surface area contributed by atoms with Gasteiger partial charge in [0.25, 0.3) is 0 Å². The Labute approximate surface area is 233 Å². The number of carbonyl (C=O) groups is 1. The largest absolute Gasteiger partial charge is 0.481 e. The molecule has 1 aliphatic heterocycles. The van der Waals surface area contributed by atoms with Crippen LogP contribution in [0.3, 0.4) is 0 Å². The zero-order valence-corrected chi connectivity index (χ0v) is 23.8. The Hall–Kier alpha value is -4.11. The van der Waals surface area contributed by atoms with Crippen molar-refractivity contribution in [2.45, 2.75) is 26.2 Å². The summed E-state index contributed by atoms with van der Waals surface area (Å²) in [6, 6.07) is 8.15. The summed E-state index contributed by atoms with van der Waals surface area (Å²) in [7, 11) is 7.53. The highest BCUT2D eigenvalue weighted by Gasteiger charge is 2.29. The number of carboxylic acid groups (broad SMARTS) is 1. The number of aromatic nitrogens is 1. The number of rotatable bonds is 9. The van der Waals surface area contributed by atoms with Crippen LogP contribution in [0.15, 0.2) is 53.6 Å². The van der Waals surface area contributed by atoms with Crippen LogP contribution in [0.1, 0.15) is 31.1 Å². The minimum Gasteiger partial charge on any atom is -0.481 e. The van der Waals surface area contributed by atoms with Crippen molar-refractivity contribution in [3.63, 3.8) is 0 Å². The molecule has 1 fully saturated rings. The van der Waals surface area contributed by atoms with E-state index in [1.165, 1.54) is 29.7 Å². The average Bonchev–Trinajstić information content (AvgIpc) is 3.38. The number of thiazole rings is 1. The molecule has 2 heterocycles. The van der Waals surface area contributed by atoms with E-state index in [9.17, 15) is 19.6 Å². The number of carboxylic acids is 1. The van der Waals surface area contributed by atoms with Crippen molar-refractivity contribution >= 4 is 28.4 Å². The molecule has 12 heteroatoms. The van der Waals surface area contributed by atoms with Crippen molar-refractivity contribution in [2.24, 2.45) is 10.9 Å². The predicted octanol–water partition coefficient (Wildman–Crippen LogP) is 4.13. The van der Waals surface area contributed by atoms with Gasteiger partial charge in [-0.25, -0.2) is 14.4 Å². The molecule has 0 unspecified atom stereocenters. The molecule has 2 aromatic rings. The average molecular weight is 555 g/mol. The second-order valence-corrected chi connectivity index (χ2v) is 9.99. The highest BCUT2D eigenvalue weighted by molar-refractivity contribution is 7.16. The quantitative estimate of drug-likeness (QED) is 0.268. The van der Waals surface area contributed by atoms with E-state index < -0.39 is 5.97 Å². The lowest BCUT2D eigenvalue weighted by atomic mass is 9.97. The molecular formula is C27H35FN8O2S. The van der Waals surface area contributed by atoms with Crippen LogP contribution in [-0.4, -0.2) is 78.2 Å². The number of piperidine rings is 1. The highest BCUT2D eigenvalue weighted by Crippen LogP contribution is 2.34. The molecule has 0 saturated carbocycles. The molecule has 2 N–H and O–H groups in total. The molecule has 1 aliphatic rings. The first kappa shape index (κ1) is 29.4. The predicted molar refractivity (Wildman–Crippen MR) is 152 cm³/mol. The Morgan fingerprint density at radius 1 is 1.31 bits per heavy atom. The van der Waals surface area contributed by atoms with E-state index in [1.807, 2.05) is 50.0 Å². The Bertz CT molecular complexity index is 1280. The Kier molecular flexibility index (Phi) is 9.89. The van der Waals surface area contributed by atoms with Gasteiger partial charge >= 0.3 is 5.97 Å². The van der Waals surface area contributed by atoms with Crippen LogP contribution in [0.2, 0.25) is 0 Å². The smallest absolute Gasteiger partial charge is 0.306 e. The lowest BCUT2D eigenvalue weighted by Crippen LogP contribution is -2.52. The molecule has 3 rings (SSSR count). The minimum atomic E-state index is -0.760. The zero-order valence-electron chi connectivity index (χ0n) is 23.0. The molecule has 1 saturated heterocycles. The van der Waals surface area contributed by atoms with Crippen LogP contribution >= 0.6 is 11.3 Å². The SMILES string of the molecule is C=CN=C(N1CCC(C(=O)O)CC1)N(C)N(C)/C(CC)=C(\NC)N(C)c1nc(-c2ccc(F)cc2)c(C#N)s1. The molecule has 1 aromatic carbocycles. The van der Waals surface area contributed by atoms with Gasteiger partial charge in [-0.15, -0.1) is 0 Å². The molecule has 0 radical (unpaired) electrons. The molecule has 0 amide bonds. The molecule has 39 heavy (non-hydrogen) atoms. The normalized spacial score (nSPS) is 14.8. The number of hydrogen-bond donors (Lipinski definition) is 2. The summed E-state index contributed by atoms with van der Waals surface area (Å²) < 4.78 is 13.5. The van der Waals surface area contributed by atoms with Crippen LogP contribution in [-0.2, 0) is 4.79 Å². The maximum Gasteiger partial charge on any atom is 0.306 e. The third-order valence-electron chi connectivity index (χ3n) is 6.77. The number of allylic oxidation sites excluding steroid dienone is 1. The number of hydrogen-bond acceptors (Lipinski definition) is 8. The lowest BCUT2D eigenvalue weighted by Gasteiger charge is -2.41. The van der Waals surface area contributed by atoms with Gasteiger partial charge in [0.1, 0.15) is 28.3 Å². The first-order chi connectivity index (χ1) is 18.7. The van der Waals surface area contributed by atoms with E-state index in [2.05, 4.69) is 27.9 Å². The van der Waals surface area contributed by atoms with Gasteiger partial charge in [0.2, 0.25) is 5.96 Å². The number of aliphatic imine (C=N–C) groups is 1. The van der Waals surface area contributed by atoms with Gasteiger partial charge in [0, 0.05) is 53.0 Å². The zero-order chi connectivity index (χ0) is 28.7. The summed E-state index contributed by atoms with van der Waals surface area (Å²) in [5.74, 6) is -0.0141. The lowest BCUT2D eigenvalue weighted by molar-refractivity contribution is -0.143. The maximum absolute atomic E-state index is 13.5. The van der Waals surface area contributed by atoms with Crippen LogP contribution in [0.25, 0.3) is 11.3 Å². The van der Waals surface area contributed by atoms with Crippen molar-refractivity contribution < 1.29 is 14.3 Å². The summed E-state index contributed by atoms with van der Waals surface area (Å²) in [4.78, 5) is 25.1. The van der Waals surface area contributed by atoms with Gasteiger partial charge in [-0.3, -0.25) is 14.8 Å². The van der Waals surface area contributed by atoms with E-state index in [1.54, 1.807) is 12.1 Å². The number of likely N-dealkylation sites (tertiary alicyclic amines) is 1. The molecule has 0 spiro atoms. The van der Waals surface area contributed by atoms with E-state index >= 15 is 0 Å². The first-order valence-corrected chi connectivity index (χ1v) is 13.4. The molecule has 0 atom stereocenters. The number of nitrogens with zero attached hydrogens (tertiary/aromatic N) is 7. The van der Waals surface area contributed by atoms with E-state index in [0.29, 0.717) is 59.6 Å². The van der Waals surface area contributed by atoms with E-state index in [-0.39, 0.29) is 11.7 Å². The van der Waals surface area contributed by atoms with Gasteiger partial charge in [0.15, 0.2) is 5.13 Å². The summed E-state index contributed by atoms with van der Waals surface area (Å²) in [5.41, 5.74) is 2.11. The number of nitrogens with one attached hydrogen (secondary N) is 1. The molecule has 0 aliphatic carbocycles. The van der Waals surface area contributed by atoms with Crippen molar-refractivity contribution in [2.75, 3.05) is 46.2 Å². The van der Waals surface area contributed by atoms with E-state index in [0.717, 1.165) is 11.5 Å². The highest BCUT2D eigenvalue weighted by atomic mass is 32.1. The monoisotopic (exact) mass is 554 g/mol. The first-order valence-electron chi connectivity index (χ1n) is 12.6. The van der Waals surface area contributed by atoms with Crippen LogP contribution in [0.4, 0.5) is 9.52 Å². The number of hydrazine groups is 1. The topological polar surface area (TPSA) is 111 Å². The second-order valence-electron chi connectivity index (χ2n) is 9.01. The van der Waals surface area contributed by atoms with Crippen LogP contribution in [0, 0.1) is 23.1 Å². The van der Waals surface area contributed by atoms with Crippen molar-refractivity contribution in [3.05, 3.63) is 59.3 Å². The fourth-order valence-corrected chi connectivity index (χ4v) is 5.43. The summed E-state index contributed by atoms with van der Waals surface area (Å²) >= 11 is 1.26. The third-order valence-corrected chi connectivity index (χ3v) is 7.80. The second kappa shape index (κ2) is 13.1. The molecular weight excluding hydrogens is 519 g/mol. The Morgan fingerprint density at radius 3 is 2.46 bits per heavy atom. The molecule has 208 valence electrons. The van der Waals surface area contributed by atoms with Gasteiger partial charge in [-0.05, 0) is 43.5 Å². The summed E-state index contributed by atoms with van der Waals surface area (Å²) in [6.07, 6.45) is 3.24. The molecule has 1 aromatic heterocycles. The molecule has 10 nitrogen and oxygen atoms in total. The number of nitriles is 1. The number of guanidine groups is 1. The fraction of sp³-hybridized carbons (Fsp3) is 0.407. The van der Waals surface area contributed by atoms with Gasteiger partial charge in [-0.1, -0.05) is 24.8 Å². The number of aliphatic carboxylic acids is 1. The van der Waals surface area contributed by atoms with Gasteiger partial charge in [-0.2, -0.15) is 5.26 Å². The summed E-state index contributed by atoms with van der Waals surface area (Å²) in [6.45, 7) is 6.97. The maximum atomic E-state index is 13.5. The van der Waals surface area contributed by atoms with Crippen LogP contribution < -0.4 is 10.2 Å². The Balaban J connectivity index is 1.92. The summed E-state index contributed by atoms with van der Waals surface area (Å²) in [5, 5.41) is 26.9.